The number of benzene rings is 2. The minimum absolute atomic E-state index is 0.101. The smallest absolute Gasteiger partial charge is 0.312 e. The molecule has 1 unspecified atom stereocenters. The van der Waals surface area contributed by atoms with Gasteiger partial charge in [0.15, 0.2) is 0 Å². The van der Waals surface area contributed by atoms with E-state index in [1.165, 1.54) is 5.56 Å². The fourth-order valence-electron chi connectivity index (χ4n) is 2.83. The van der Waals surface area contributed by atoms with Gasteiger partial charge >= 0.3 is 5.97 Å². The molecule has 0 saturated heterocycles. The molecule has 27 heavy (non-hydrogen) atoms. The van der Waals surface area contributed by atoms with Crippen LogP contribution in [0.3, 0.4) is 0 Å². The Morgan fingerprint density at radius 3 is 2.44 bits per heavy atom. The number of carbonyl (C=O) groups excluding carboxylic acids is 1. The zero-order chi connectivity index (χ0) is 20.0. The summed E-state index contributed by atoms with van der Waals surface area (Å²) < 4.78 is 5.36. The quantitative estimate of drug-likeness (QED) is 0.477. The van der Waals surface area contributed by atoms with Gasteiger partial charge in [0.05, 0.1) is 6.42 Å². The Morgan fingerprint density at radius 1 is 1.19 bits per heavy atom. The summed E-state index contributed by atoms with van der Waals surface area (Å²) in [6.07, 6.45) is 1.26. The number of phenolic OH excluding ortho intramolecular Hbond substituents is 1. The number of phenols is 1. The van der Waals surface area contributed by atoms with Gasteiger partial charge < -0.3 is 9.84 Å². The molecule has 2 rings (SSSR count). The van der Waals surface area contributed by atoms with E-state index >= 15 is 0 Å². The van der Waals surface area contributed by atoms with Gasteiger partial charge in [-0.05, 0) is 35.1 Å². The van der Waals surface area contributed by atoms with E-state index in [0.29, 0.717) is 23.7 Å². The molecule has 0 amide bonds. The first-order valence-corrected chi connectivity index (χ1v) is 10.5. The zero-order valence-corrected chi connectivity index (χ0v) is 17.7. The number of thioether (sulfide) groups is 1. The number of aryl methyl sites for hydroxylation is 1. The highest BCUT2D eigenvalue weighted by Crippen LogP contribution is 2.37. The maximum Gasteiger partial charge on any atom is 0.312 e. The average molecular weight is 387 g/mol. The molecule has 0 spiro atoms. The van der Waals surface area contributed by atoms with Crippen molar-refractivity contribution in [2.24, 2.45) is 0 Å². The van der Waals surface area contributed by atoms with Gasteiger partial charge in [-0.2, -0.15) is 11.8 Å². The molecule has 4 heteroatoms. The van der Waals surface area contributed by atoms with Crippen molar-refractivity contribution in [1.82, 2.24) is 0 Å². The number of ether oxygens (including phenoxy) is 1. The van der Waals surface area contributed by atoms with Crippen LogP contribution >= 0.6 is 11.8 Å². The molecule has 1 N–H and O–H groups in total. The molecule has 2 aromatic carbocycles. The minimum Gasteiger partial charge on any atom is -0.507 e. The molecule has 0 aliphatic rings. The highest BCUT2D eigenvalue weighted by atomic mass is 32.2. The summed E-state index contributed by atoms with van der Waals surface area (Å²) in [5, 5.41) is 10.8. The third-order valence-corrected chi connectivity index (χ3v) is 5.63. The van der Waals surface area contributed by atoms with E-state index in [2.05, 4.69) is 39.8 Å². The topological polar surface area (TPSA) is 46.5 Å². The Bertz CT molecular complexity index is 763. The lowest BCUT2D eigenvalue weighted by Crippen LogP contribution is -2.14. The highest BCUT2D eigenvalue weighted by Gasteiger charge is 2.21. The summed E-state index contributed by atoms with van der Waals surface area (Å²) in [6.45, 7) is 10.5. The predicted octanol–water partition coefficient (Wildman–Crippen LogP) is 5.87. The molecule has 1 atom stereocenters. The second-order valence-corrected chi connectivity index (χ2v) is 9.29. The van der Waals surface area contributed by atoms with Crippen LogP contribution in [0.25, 0.3) is 0 Å². The van der Waals surface area contributed by atoms with Crippen LogP contribution in [0.5, 0.6) is 11.5 Å². The molecule has 0 aliphatic heterocycles. The molecule has 0 fully saturated rings. The van der Waals surface area contributed by atoms with Gasteiger partial charge in [0.25, 0.3) is 0 Å². The predicted molar refractivity (Wildman–Crippen MR) is 114 cm³/mol. The number of hydrogen-bond acceptors (Lipinski definition) is 4. The van der Waals surface area contributed by atoms with Crippen molar-refractivity contribution >= 4 is 17.7 Å². The fourth-order valence-corrected chi connectivity index (χ4v) is 3.77. The van der Waals surface area contributed by atoms with Crippen LogP contribution in [-0.4, -0.2) is 16.3 Å². The largest absolute Gasteiger partial charge is 0.507 e. The number of rotatable bonds is 7. The van der Waals surface area contributed by atoms with E-state index < -0.39 is 0 Å². The maximum atomic E-state index is 12.1. The first-order chi connectivity index (χ1) is 12.7. The summed E-state index contributed by atoms with van der Waals surface area (Å²) in [7, 11) is 0. The summed E-state index contributed by atoms with van der Waals surface area (Å²) in [4.78, 5) is 12.1. The molecule has 3 nitrogen and oxygen atoms in total. The van der Waals surface area contributed by atoms with Gasteiger partial charge in [-0.1, -0.05) is 65.0 Å². The standard InChI is InChI=1S/C23H30O3S/c1-6-17-13-18(22(25)20(14-17)23(3,4)5)15-27-16(2)12-21(24)26-19-10-8-7-9-11-19/h7-11,13-14,16,25H,6,12,15H2,1-5H3. The number of aromatic hydroxyl groups is 1. The molecule has 0 aromatic heterocycles. The second kappa shape index (κ2) is 9.32. The van der Waals surface area contributed by atoms with Crippen LogP contribution in [-0.2, 0) is 22.4 Å². The molecule has 0 aliphatic carbocycles. The van der Waals surface area contributed by atoms with Crippen molar-refractivity contribution in [2.45, 2.75) is 63.9 Å². The van der Waals surface area contributed by atoms with Crippen molar-refractivity contribution in [2.75, 3.05) is 0 Å². The Labute approximate surface area is 167 Å². The van der Waals surface area contributed by atoms with Gasteiger partial charge in [-0.15, -0.1) is 0 Å². The van der Waals surface area contributed by atoms with Gasteiger partial charge in [-0.25, -0.2) is 0 Å². The van der Waals surface area contributed by atoms with Crippen LogP contribution in [0, 0.1) is 0 Å². The lowest BCUT2D eigenvalue weighted by atomic mass is 9.84. The fraction of sp³-hybridized carbons (Fsp3) is 0.435. The van der Waals surface area contributed by atoms with E-state index in [0.717, 1.165) is 17.5 Å². The average Bonchev–Trinajstić information content (AvgIpc) is 2.60. The number of carbonyl (C=O) groups is 1. The molecular weight excluding hydrogens is 356 g/mol. The molecular formula is C23H30O3S. The second-order valence-electron chi connectivity index (χ2n) is 7.87. The molecule has 0 heterocycles. The molecule has 0 radical (unpaired) electrons. The van der Waals surface area contributed by atoms with Crippen LogP contribution in [0.4, 0.5) is 0 Å². The van der Waals surface area contributed by atoms with E-state index in [1.807, 2.05) is 25.1 Å². The van der Waals surface area contributed by atoms with Crippen molar-refractivity contribution in [3.63, 3.8) is 0 Å². The molecule has 0 saturated carbocycles. The van der Waals surface area contributed by atoms with Gasteiger partial charge in [0.1, 0.15) is 11.5 Å². The van der Waals surface area contributed by atoms with Crippen molar-refractivity contribution in [3.8, 4) is 11.5 Å². The third kappa shape index (κ3) is 6.31. The van der Waals surface area contributed by atoms with Crippen LogP contribution < -0.4 is 4.74 Å². The summed E-state index contributed by atoms with van der Waals surface area (Å²) in [5.41, 5.74) is 3.03. The molecule has 2 aromatic rings. The Kier molecular flexibility index (Phi) is 7.37. The highest BCUT2D eigenvalue weighted by molar-refractivity contribution is 7.99. The Balaban J connectivity index is 2.00. The molecule has 0 bridgehead atoms. The summed E-state index contributed by atoms with van der Waals surface area (Å²) in [5.74, 6) is 1.39. The first kappa shape index (κ1) is 21.4. The van der Waals surface area contributed by atoms with Crippen molar-refractivity contribution in [3.05, 3.63) is 59.2 Å². The Morgan fingerprint density at radius 2 is 1.85 bits per heavy atom. The van der Waals surface area contributed by atoms with Crippen LogP contribution in [0.2, 0.25) is 0 Å². The molecule has 146 valence electrons. The monoisotopic (exact) mass is 386 g/mol. The lowest BCUT2D eigenvalue weighted by molar-refractivity contribution is -0.134. The van der Waals surface area contributed by atoms with Gasteiger partial charge in [0, 0.05) is 16.6 Å². The number of para-hydroxylation sites is 1. The van der Waals surface area contributed by atoms with Crippen molar-refractivity contribution in [1.29, 1.82) is 0 Å². The summed E-state index contributed by atoms with van der Waals surface area (Å²) >= 11 is 1.66. The van der Waals surface area contributed by atoms with E-state index in [9.17, 15) is 9.90 Å². The van der Waals surface area contributed by atoms with Crippen LogP contribution in [0.1, 0.15) is 57.7 Å². The number of esters is 1. The third-order valence-electron chi connectivity index (χ3n) is 4.42. The SMILES string of the molecule is CCc1cc(CSC(C)CC(=O)Oc2ccccc2)c(O)c(C(C)(C)C)c1. The van der Waals surface area contributed by atoms with Gasteiger partial charge in [0.2, 0.25) is 0 Å². The van der Waals surface area contributed by atoms with E-state index in [1.54, 1.807) is 23.9 Å². The first-order valence-electron chi connectivity index (χ1n) is 9.43. The zero-order valence-electron chi connectivity index (χ0n) is 16.9. The summed E-state index contributed by atoms with van der Waals surface area (Å²) in [6, 6.07) is 13.3. The number of hydrogen-bond donors (Lipinski definition) is 1. The normalized spacial score (nSPS) is 12.6. The van der Waals surface area contributed by atoms with Crippen molar-refractivity contribution < 1.29 is 14.6 Å². The van der Waals surface area contributed by atoms with Gasteiger partial charge in [-0.3, -0.25) is 4.79 Å². The van der Waals surface area contributed by atoms with E-state index in [4.69, 9.17) is 4.74 Å². The Hall–Kier alpha value is -1.94. The van der Waals surface area contributed by atoms with E-state index in [-0.39, 0.29) is 16.6 Å². The maximum absolute atomic E-state index is 12.1. The minimum atomic E-state index is -0.233. The lowest BCUT2D eigenvalue weighted by Gasteiger charge is -2.23. The van der Waals surface area contributed by atoms with Crippen LogP contribution in [0.15, 0.2) is 42.5 Å².